The summed E-state index contributed by atoms with van der Waals surface area (Å²) in [4.78, 5) is 20.8. The fourth-order valence-corrected chi connectivity index (χ4v) is 2.82. The first kappa shape index (κ1) is 21.5. The van der Waals surface area contributed by atoms with E-state index in [1.165, 1.54) is 0 Å². The predicted molar refractivity (Wildman–Crippen MR) is 110 cm³/mol. The molecule has 1 aliphatic rings. The monoisotopic (exact) mass is 446 g/mol. The summed E-state index contributed by atoms with van der Waals surface area (Å²) in [6.45, 7) is 3.41. The first-order chi connectivity index (χ1) is 11.2. The molecule has 0 radical (unpaired) electrons. The van der Waals surface area contributed by atoms with Gasteiger partial charge in [0.2, 0.25) is 5.91 Å². The van der Waals surface area contributed by atoms with E-state index in [1.807, 2.05) is 47.4 Å². The lowest BCUT2D eigenvalue weighted by Crippen LogP contribution is -2.50. The molecule has 1 N–H and O–H groups in total. The lowest BCUT2D eigenvalue weighted by Gasteiger charge is -2.35. The zero-order chi connectivity index (χ0) is 16.1. The first-order valence-electron chi connectivity index (χ1n) is 7.65. The molecule has 1 amide bonds. The van der Waals surface area contributed by atoms with Gasteiger partial charge in [-0.3, -0.25) is 4.79 Å². The fourth-order valence-electron chi connectivity index (χ4n) is 2.59. The number of halogens is 3. The Morgan fingerprint density at radius 1 is 1.04 bits per heavy atom. The minimum absolute atomic E-state index is 0. The third-order valence-electron chi connectivity index (χ3n) is 3.89. The maximum absolute atomic E-state index is 12.3. The number of amides is 1. The molecule has 1 fully saturated rings. The number of para-hydroxylation sites is 1. The fraction of sp³-hybridized carbons (Fsp3) is 0.294. The van der Waals surface area contributed by atoms with Crippen molar-refractivity contribution in [3.05, 3.63) is 53.1 Å². The van der Waals surface area contributed by atoms with Crippen LogP contribution in [0.5, 0.6) is 0 Å². The van der Waals surface area contributed by atoms with E-state index in [2.05, 4.69) is 31.1 Å². The Balaban J connectivity index is 0.00000156. The molecule has 136 valence electrons. The van der Waals surface area contributed by atoms with Gasteiger partial charge < -0.3 is 15.1 Å². The molecule has 25 heavy (non-hydrogen) atoms. The van der Waals surface area contributed by atoms with Crippen molar-refractivity contribution < 1.29 is 4.79 Å². The second-order valence-electron chi connectivity index (χ2n) is 5.42. The summed E-state index contributed by atoms with van der Waals surface area (Å²) >= 11 is 3.39. The number of nitrogens with one attached hydrogen (secondary N) is 1. The summed E-state index contributed by atoms with van der Waals surface area (Å²) in [5.74, 6) is 1.10. The van der Waals surface area contributed by atoms with Crippen LogP contribution in [0, 0.1) is 0 Å². The topological polar surface area (TPSA) is 48.5 Å². The number of anilines is 2. The number of benzene rings is 1. The highest BCUT2D eigenvalue weighted by molar-refractivity contribution is 9.10. The molecule has 0 aliphatic carbocycles. The minimum atomic E-state index is 0. The molecular formula is C17H21BrCl2N4O. The molecule has 1 saturated heterocycles. The van der Waals surface area contributed by atoms with Crippen LogP contribution >= 0.6 is 40.7 Å². The molecule has 1 aliphatic heterocycles. The van der Waals surface area contributed by atoms with Gasteiger partial charge in [-0.05, 0) is 40.2 Å². The van der Waals surface area contributed by atoms with Crippen molar-refractivity contribution in [2.45, 2.75) is 0 Å². The van der Waals surface area contributed by atoms with E-state index in [0.29, 0.717) is 6.54 Å². The number of nitrogens with zero attached hydrogens (tertiary/aromatic N) is 3. The molecule has 0 unspecified atom stereocenters. The van der Waals surface area contributed by atoms with Gasteiger partial charge in [-0.2, -0.15) is 0 Å². The van der Waals surface area contributed by atoms with Gasteiger partial charge in [-0.25, -0.2) is 4.98 Å². The van der Waals surface area contributed by atoms with Crippen LogP contribution in [-0.4, -0.2) is 48.5 Å². The molecule has 0 saturated carbocycles. The largest absolute Gasteiger partial charge is 0.376 e. The second-order valence-corrected chi connectivity index (χ2v) is 6.34. The summed E-state index contributed by atoms with van der Waals surface area (Å²) in [6.07, 6.45) is 1.80. The summed E-state index contributed by atoms with van der Waals surface area (Å²) in [7, 11) is 0. The number of carbonyl (C=O) groups excluding carboxylic acids is 1. The lowest BCUT2D eigenvalue weighted by molar-refractivity contribution is -0.129. The number of aromatic nitrogens is 1. The van der Waals surface area contributed by atoms with Crippen molar-refractivity contribution in [1.29, 1.82) is 0 Å². The molecule has 0 spiro atoms. The van der Waals surface area contributed by atoms with Gasteiger partial charge in [0.25, 0.3) is 0 Å². The lowest BCUT2D eigenvalue weighted by atomic mass is 10.3. The van der Waals surface area contributed by atoms with Crippen LogP contribution in [0.15, 0.2) is 53.1 Å². The van der Waals surface area contributed by atoms with E-state index in [1.54, 1.807) is 6.20 Å². The molecule has 3 rings (SSSR count). The zero-order valence-corrected chi connectivity index (χ0v) is 16.8. The van der Waals surface area contributed by atoms with Gasteiger partial charge in [-0.15, -0.1) is 24.8 Å². The second kappa shape index (κ2) is 10.5. The minimum Gasteiger partial charge on any atom is -0.376 e. The molecule has 2 heterocycles. The SMILES string of the molecule is Cl.Cl.O=C(CNc1ccccc1)N1CCN(c2ccc(Br)cn2)CC1. The number of hydrogen-bond donors (Lipinski definition) is 1. The number of hydrogen-bond acceptors (Lipinski definition) is 4. The van der Waals surface area contributed by atoms with Crippen LogP contribution < -0.4 is 10.2 Å². The predicted octanol–water partition coefficient (Wildman–Crippen LogP) is 3.45. The maximum Gasteiger partial charge on any atom is 0.241 e. The first-order valence-corrected chi connectivity index (χ1v) is 8.45. The van der Waals surface area contributed by atoms with Crippen LogP contribution in [0.1, 0.15) is 0 Å². The molecule has 1 aromatic heterocycles. The summed E-state index contributed by atoms with van der Waals surface area (Å²) in [5, 5.41) is 3.17. The smallest absolute Gasteiger partial charge is 0.241 e. The Labute approximate surface area is 168 Å². The van der Waals surface area contributed by atoms with Crippen LogP contribution in [0.4, 0.5) is 11.5 Å². The van der Waals surface area contributed by atoms with Crippen molar-refractivity contribution in [3.63, 3.8) is 0 Å². The molecule has 2 aromatic rings. The maximum atomic E-state index is 12.3. The molecule has 0 atom stereocenters. The molecule has 1 aromatic carbocycles. The van der Waals surface area contributed by atoms with Crippen LogP contribution in [0.2, 0.25) is 0 Å². The number of carbonyl (C=O) groups is 1. The van der Waals surface area contributed by atoms with E-state index >= 15 is 0 Å². The molecule has 0 bridgehead atoms. The zero-order valence-electron chi connectivity index (χ0n) is 13.6. The standard InChI is InChI=1S/C17H19BrN4O.2ClH/c18-14-6-7-16(20-12-14)21-8-10-22(11-9-21)17(23)13-19-15-4-2-1-3-5-15;;/h1-7,12,19H,8-11,13H2;2*1H. The van der Waals surface area contributed by atoms with Gasteiger partial charge >= 0.3 is 0 Å². The highest BCUT2D eigenvalue weighted by Crippen LogP contribution is 2.16. The van der Waals surface area contributed by atoms with Gasteiger partial charge in [-0.1, -0.05) is 18.2 Å². The van der Waals surface area contributed by atoms with E-state index in [9.17, 15) is 4.79 Å². The molecule has 5 nitrogen and oxygen atoms in total. The van der Waals surface area contributed by atoms with Gasteiger partial charge in [0, 0.05) is 42.5 Å². The van der Waals surface area contributed by atoms with Gasteiger partial charge in [0.05, 0.1) is 6.54 Å². The van der Waals surface area contributed by atoms with Crippen molar-refractivity contribution >= 4 is 58.2 Å². The Morgan fingerprint density at radius 3 is 2.32 bits per heavy atom. The van der Waals surface area contributed by atoms with Crippen LogP contribution in [0.3, 0.4) is 0 Å². The summed E-state index contributed by atoms with van der Waals surface area (Å²) in [6, 6.07) is 13.8. The Kier molecular flexibility index (Phi) is 9.03. The Morgan fingerprint density at radius 2 is 1.72 bits per heavy atom. The third-order valence-corrected chi connectivity index (χ3v) is 4.35. The molecule has 8 heteroatoms. The van der Waals surface area contributed by atoms with E-state index in [0.717, 1.165) is 42.2 Å². The third kappa shape index (κ3) is 6.06. The van der Waals surface area contributed by atoms with Gasteiger partial charge in [0.1, 0.15) is 5.82 Å². The summed E-state index contributed by atoms with van der Waals surface area (Å²) < 4.78 is 0.974. The van der Waals surface area contributed by atoms with E-state index < -0.39 is 0 Å². The number of rotatable bonds is 4. The summed E-state index contributed by atoms with van der Waals surface area (Å²) in [5.41, 5.74) is 0.971. The molecular weight excluding hydrogens is 427 g/mol. The average molecular weight is 448 g/mol. The Bertz CT molecular complexity index is 649. The van der Waals surface area contributed by atoms with E-state index in [4.69, 9.17) is 0 Å². The van der Waals surface area contributed by atoms with Crippen molar-refractivity contribution in [3.8, 4) is 0 Å². The van der Waals surface area contributed by atoms with Crippen LogP contribution in [-0.2, 0) is 4.79 Å². The van der Waals surface area contributed by atoms with Crippen molar-refractivity contribution in [2.24, 2.45) is 0 Å². The van der Waals surface area contributed by atoms with Crippen molar-refractivity contribution in [2.75, 3.05) is 42.9 Å². The van der Waals surface area contributed by atoms with Gasteiger partial charge in [0.15, 0.2) is 0 Å². The van der Waals surface area contributed by atoms with Crippen molar-refractivity contribution in [1.82, 2.24) is 9.88 Å². The Hall–Kier alpha value is -1.50. The number of piperazine rings is 1. The normalized spacial score (nSPS) is 13.5. The van der Waals surface area contributed by atoms with E-state index in [-0.39, 0.29) is 30.7 Å². The quantitative estimate of drug-likeness (QED) is 0.779. The average Bonchev–Trinajstić information content (AvgIpc) is 2.61. The van der Waals surface area contributed by atoms with Crippen LogP contribution in [0.25, 0.3) is 0 Å². The highest BCUT2D eigenvalue weighted by atomic mass is 79.9. The number of pyridine rings is 1. The highest BCUT2D eigenvalue weighted by Gasteiger charge is 2.21.